The van der Waals surface area contributed by atoms with Crippen LogP contribution in [0.5, 0.6) is 0 Å². The summed E-state index contributed by atoms with van der Waals surface area (Å²) in [5.74, 6) is -0.897. The number of Topliss-reactive ketones (excluding diaryl/α,β-unsaturated/α-hetero) is 1. The number of halogens is 1. The van der Waals surface area contributed by atoms with Gasteiger partial charge in [0.15, 0.2) is 0 Å². The molecule has 1 rings (SSSR count). The number of carbonyl (C=O) groups is 2. The van der Waals surface area contributed by atoms with Gasteiger partial charge in [0, 0.05) is 12.1 Å². The maximum Gasteiger partial charge on any atom is 0.338 e. The molecule has 0 amide bonds. The molecule has 0 saturated heterocycles. The number of hydrogen-bond donors (Lipinski definition) is 0. The van der Waals surface area contributed by atoms with Crippen molar-refractivity contribution in [3.05, 3.63) is 39.4 Å². The van der Waals surface area contributed by atoms with Gasteiger partial charge >= 0.3 is 5.97 Å². The largest absolute Gasteiger partial charge is 0.462 e. The predicted octanol–water partition coefficient (Wildman–Crippen LogP) is 2.80. The maximum atomic E-state index is 11.8. The number of carbonyl (C=O) groups excluding carboxylic acids is 2. The maximum absolute atomic E-state index is 11.8. The van der Waals surface area contributed by atoms with E-state index in [0.29, 0.717) is 5.56 Å². The lowest BCUT2D eigenvalue weighted by molar-refractivity contribution is -0.384. The number of alkyl halides is 1. The number of ketones is 1. The van der Waals surface area contributed by atoms with Crippen LogP contribution in [0.15, 0.2) is 18.2 Å². The van der Waals surface area contributed by atoms with Gasteiger partial charge in [-0.3, -0.25) is 14.9 Å². The van der Waals surface area contributed by atoms with Crippen molar-refractivity contribution >= 4 is 33.4 Å². The van der Waals surface area contributed by atoms with Gasteiger partial charge in [0.05, 0.1) is 21.9 Å². The summed E-state index contributed by atoms with van der Waals surface area (Å²) in [5.41, 5.74) is 0.153. The number of nitro benzene ring substituents is 1. The van der Waals surface area contributed by atoms with Gasteiger partial charge in [-0.1, -0.05) is 15.9 Å². The van der Waals surface area contributed by atoms with E-state index < -0.39 is 15.7 Å². The van der Waals surface area contributed by atoms with Gasteiger partial charge in [-0.15, -0.1) is 0 Å². The van der Waals surface area contributed by atoms with E-state index in [9.17, 15) is 19.7 Å². The Morgan fingerprint density at radius 2 is 2.11 bits per heavy atom. The molecule has 1 aromatic carbocycles. The van der Waals surface area contributed by atoms with Crippen molar-refractivity contribution in [2.24, 2.45) is 0 Å². The monoisotopic (exact) mass is 329 g/mol. The summed E-state index contributed by atoms with van der Waals surface area (Å²) >= 11 is 3.16. The Labute approximate surface area is 118 Å². The van der Waals surface area contributed by atoms with E-state index in [1.807, 2.05) is 0 Å². The number of rotatable bonds is 5. The summed E-state index contributed by atoms with van der Waals surface area (Å²) in [6.07, 6.45) is 0. The van der Waals surface area contributed by atoms with Gasteiger partial charge in [-0.25, -0.2) is 4.79 Å². The van der Waals surface area contributed by atoms with Crippen LogP contribution in [0.25, 0.3) is 0 Å². The molecule has 0 radical (unpaired) electrons. The second-order valence-electron chi connectivity index (χ2n) is 3.72. The van der Waals surface area contributed by atoms with Gasteiger partial charge in [0.1, 0.15) is 5.78 Å². The highest BCUT2D eigenvalue weighted by molar-refractivity contribution is 9.09. The van der Waals surface area contributed by atoms with Crippen molar-refractivity contribution in [1.29, 1.82) is 0 Å². The van der Waals surface area contributed by atoms with Gasteiger partial charge in [0.25, 0.3) is 5.69 Å². The first-order chi connectivity index (χ1) is 8.88. The summed E-state index contributed by atoms with van der Waals surface area (Å²) in [7, 11) is 0. The van der Waals surface area contributed by atoms with Crippen LogP contribution >= 0.6 is 15.9 Å². The first-order valence-corrected chi connectivity index (χ1v) is 6.40. The molecule has 0 spiro atoms. The zero-order valence-corrected chi connectivity index (χ0v) is 12.0. The quantitative estimate of drug-likeness (QED) is 0.359. The van der Waals surface area contributed by atoms with E-state index in [0.717, 1.165) is 6.07 Å². The third-order valence-electron chi connectivity index (χ3n) is 2.37. The summed E-state index contributed by atoms with van der Waals surface area (Å²) in [5, 5.41) is 10.7. The van der Waals surface area contributed by atoms with Gasteiger partial charge in [-0.05, 0) is 25.5 Å². The Hall–Kier alpha value is -1.76. The molecule has 0 aliphatic heterocycles. The number of benzene rings is 1. The molecule has 1 aromatic rings. The van der Waals surface area contributed by atoms with E-state index in [2.05, 4.69) is 15.9 Å². The number of ether oxygens (including phenoxy) is 1. The van der Waals surface area contributed by atoms with Crippen molar-refractivity contribution in [3.63, 3.8) is 0 Å². The lowest BCUT2D eigenvalue weighted by Gasteiger charge is -2.11. The van der Waals surface area contributed by atoms with Crippen molar-refractivity contribution in [1.82, 2.24) is 0 Å². The Morgan fingerprint density at radius 1 is 1.47 bits per heavy atom. The number of nitro groups is 1. The average molecular weight is 330 g/mol. The molecular formula is C12H12BrNO5. The van der Waals surface area contributed by atoms with E-state index in [1.165, 1.54) is 19.1 Å². The molecule has 0 bridgehead atoms. The molecule has 0 aliphatic rings. The second kappa shape index (κ2) is 6.42. The topological polar surface area (TPSA) is 86.5 Å². The highest BCUT2D eigenvalue weighted by Crippen LogP contribution is 2.30. The summed E-state index contributed by atoms with van der Waals surface area (Å²) < 4.78 is 4.84. The van der Waals surface area contributed by atoms with E-state index in [-0.39, 0.29) is 23.6 Å². The summed E-state index contributed by atoms with van der Waals surface area (Å²) in [4.78, 5) is 32.6. The van der Waals surface area contributed by atoms with Crippen LogP contribution in [0.1, 0.15) is 34.6 Å². The normalized spacial score (nSPS) is 11.7. The molecule has 19 heavy (non-hydrogen) atoms. The lowest BCUT2D eigenvalue weighted by atomic mass is 10.0. The fourth-order valence-electron chi connectivity index (χ4n) is 1.48. The molecule has 1 unspecified atom stereocenters. The summed E-state index contributed by atoms with van der Waals surface area (Å²) in [6.45, 7) is 3.13. The van der Waals surface area contributed by atoms with E-state index in [4.69, 9.17) is 4.74 Å². The molecule has 0 aliphatic carbocycles. The molecule has 7 heteroatoms. The van der Waals surface area contributed by atoms with Crippen molar-refractivity contribution in [2.45, 2.75) is 18.7 Å². The van der Waals surface area contributed by atoms with Crippen molar-refractivity contribution in [2.75, 3.05) is 6.61 Å². The minimum atomic E-state index is -0.701. The third-order valence-corrected chi connectivity index (χ3v) is 3.51. The third kappa shape index (κ3) is 3.60. The molecule has 0 N–H and O–H groups in total. The fraction of sp³-hybridized carbons (Fsp3) is 0.333. The van der Waals surface area contributed by atoms with E-state index in [1.54, 1.807) is 6.92 Å². The molecule has 102 valence electrons. The molecule has 0 aromatic heterocycles. The fourth-order valence-corrected chi connectivity index (χ4v) is 1.88. The lowest BCUT2D eigenvalue weighted by Crippen LogP contribution is -2.12. The minimum absolute atomic E-state index is 0.0214. The highest BCUT2D eigenvalue weighted by atomic mass is 79.9. The van der Waals surface area contributed by atoms with Crippen LogP contribution in [0.2, 0.25) is 0 Å². The van der Waals surface area contributed by atoms with Crippen LogP contribution in [0.3, 0.4) is 0 Å². The van der Waals surface area contributed by atoms with Crippen LogP contribution in [0, 0.1) is 10.1 Å². The first kappa shape index (κ1) is 15.3. The zero-order chi connectivity index (χ0) is 14.6. The van der Waals surface area contributed by atoms with Gasteiger partial charge < -0.3 is 4.74 Å². The Balaban J connectivity index is 3.34. The molecule has 0 saturated carbocycles. The Kier molecular flexibility index (Phi) is 5.17. The number of nitrogens with zero attached hydrogens (tertiary/aromatic N) is 1. The second-order valence-corrected chi connectivity index (χ2v) is 4.64. The molecule has 0 heterocycles. The zero-order valence-electron chi connectivity index (χ0n) is 10.4. The first-order valence-electron chi connectivity index (χ1n) is 5.48. The van der Waals surface area contributed by atoms with Crippen LogP contribution in [-0.2, 0) is 9.53 Å². The van der Waals surface area contributed by atoms with E-state index >= 15 is 0 Å². The number of non-ortho nitro benzene ring substituents is 1. The van der Waals surface area contributed by atoms with Gasteiger partial charge in [0.2, 0.25) is 0 Å². The van der Waals surface area contributed by atoms with Gasteiger partial charge in [-0.2, -0.15) is 0 Å². The highest BCUT2D eigenvalue weighted by Gasteiger charge is 2.24. The Morgan fingerprint density at radius 3 is 2.58 bits per heavy atom. The average Bonchev–Trinajstić information content (AvgIpc) is 2.37. The number of esters is 1. The standard InChI is InChI=1S/C12H12BrNO5/c1-3-19-12(16)10-6-8(14(17)18)4-5-9(10)11(13)7(2)15/h4-6,11H,3H2,1-2H3. The number of hydrogen-bond acceptors (Lipinski definition) is 5. The molecule has 1 atom stereocenters. The van der Waals surface area contributed by atoms with Crippen molar-refractivity contribution < 1.29 is 19.2 Å². The minimum Gasteiger partial charge on any atom is -0.462 e. The molecule has 0 fully saturated rings. The van der Waals surface area contributed by atoms with Crippen molar-refractivity contribution in [3.8, 4) is 0 Å². The smallest absolute Gasteiger partial charge is 0.338 e. The van der Waals surface area contributed by atoms with Crippen LogP contribution < -0.4 is 0 Å². The molecular weight excluding hydrogens is 318 g/mol. The SMILES string of the molecule is CCOC(=O)c1cc([N+](=O)[O-])ccc1C(Br)C(C)=O. The van der Waals surface area contributed by atoms with Crippen LogP contribution in [0.4, 0.5) is 5.69 Å². The predicted molar refractivity (Wildman–Crippen MR) is 71.4 cm³/mol. The van der Waals surface area contributed by atoms with Crippen LogP contribution in [-0.4, -0.2) is 23.3 Å². The summed E-state index contributed by atoms with van der Waals surface area (Å²) in [6, 6.07) is 3.74. The Bertz CT molecular complexity index is 529. The molecule has 6 nitrogen and oxygen atoms in total.